The fourth-order valence-electron chi connectivity index (χ4n) is 4.55. The normalized spacial score (nSPS) is 22.5. The number of methoxy groups -OCH3 is 1. The molecule has 1 spiro atoms. The van der Waals surface area contributed by atoms with E-state index in [2.05, 4.69) is 47.0 Å². The highest BCUT2D eigenvalue weighted by atomic mass is 16.5. The number of benzene rings is 1. The quantitative estimate of drug-likeness (QED) is 0.760. The van der Waals surface area contributed by atoms with Crippen LogP contribution in [0.25, 0.3) is 0 Å². The molecule has 3 rings (SSSR count). The van der Waals surface area contributed by atoms with E-state index in [0.717, 1.165) is 32.5 Å². The number of esters is 1. The van der Waals surface area contributed by atoms with Gasteiger partial charge < -0.3 is 9.64 Å². The van der Waals surface area contributed by atoms with Gasteiger partial charge >= 0.3 is 5.97 Å². The van der Waals surface area contributed by atoms with Crippen LogP contribution in [-0.2, 0) is 14.3 Å². The van der Waals surface area contributed by atoms with Gasteiger partial charge in [0.1, 0.15) is 0 Å². The first-order valence-corrected chi connectivity index (χ1v) is 9.65. The minimum absolute atomic E-state index is 0.170. The highest BCUT2D eigenvalue weighted by molar-refractivity contribution is 5.77. The maximum atomic E-state index is 12.4. The lowest BCUT2D eigenvalue weighted by Crippen LogP contribution is -2.51. The van der Waals surface area contributed by atoms with Crippen LogP contribution in [0.2, 0.25) is 0 Å². The molecule has 1 amide bonds. The van der Waals surface area contributed by atoms with Crippen LogP contribution < -0.4 is 0 Å². The second-order valence-electron chi connectivity index (χ2n) is 7.73. The Bertz CT molecular complexity index is 623. The van der Waals surface area contributed by atoms with Crippen molar-refractivity contribution in [2.24, 2.45) is 0 Å². The molecule has 1 aromatic carbocycles. The summed E-state index contributed by atoms with van der Waals surface area (Å²) in [6, 6.07) is 10.8. The molecule has 142 valence electrons. The number of amides is 1. The molecule has 0 aromatic heterocycles. The zero-order chi connectivity index (χ0) is 18.6. The summed E-state index contributed by atoms with van der Waals surface area (Å²) in [5.41, 5.74) is 1.65. The number of carbonyl (C=O) groups is 2. The van der Waals surface area contributed by atoms with Crippen molar-refractivity contribution in [1.29, 1.82) is 0 Å². The Hall–Kier alpha value is -1.88. The number of carbonyl (C=O) groups excluding carboxylic acids is 2. The van der Waals surface area contributed by atoms with Gasteiger partial charge in [0.25, 0.3) is 0 Å². The summed E-state index contributed by atoms with van der Waals surface area (Å²) in [5.74, 6) is 0.516. The molecule has 0 bridgehead atoms. The minimum Gasteiger partial charge on any atom is -0.469 e. The van der Waals surface area contributed by atoms with Gasteiger partial charge in [-0.1, -0.05) is 30.3 Å². The van der Waals surface area contributed by atoms with Gasteiger partial charge in [-0.05, 0) is 44.2 Å². The molecule has 1 atom stereocenters. The fourth-order valence-corrected chi connectivity index (χ4v) is 4.55. The van der Waals surface area contributed by atoms with E-state index in [9.17, 15) is 9.59 Å². The Kier molecular flexibility index (Phi) is 5.97. The van der Waals surface area contributed by atoms with Crippen LogP contribution in [0.1, 0.15) is 50.0 Å². The molecule has 2 aliphatic rings. The number of hydrogen-bond donors (Lipinski definition) is 0. The SMILES string of the molecule is COC(=O)CCCC(=O)N1CCC2(CC1)CC(c1ccccc1)CN2C. The Morgan fingerprint density at radius 2 is 1.85 bits per heavy atom. The summed E-state index contributed by atoms with van der Waals surface area (Å²) in [5, 5.41) is 0. The van der Waals surface area contributed by atoms with Gasteiger partial charge in [-0.3, -0.25) is 14.5 Å². The molecule has 0 radical (unpaired) electrons. The molecule has 26 heavy (non-hydrogen) atoms. The topological polar surface area (TPSA) is 49.9 Å². The average Bonchev–Trinajstić information content (AvgIpc) is 2.99. The van der Waals surface area contributed by atoms with Crippen molar-refractivity contribution in [2.45, 2.75) is 50.0 Å². The number of ether oxygens (including phenoxy) is 1. The van der Waals surface area contributed by atoms with E-state index in [4.69, 9.17) is 0 Å². The van der Waals surface area contributed by atoms with E-state index < -0.39 is 0 Å². The van der Waals surface area contributed by atoms with Gasteiger partial charge in [-0.2, -0.15) is 0 Å². The Morgan fingerprint density at radius 3 is 2.50 bits per heavy atom. The van der Waals surface area contributed by atoms with Crippen LogP contribution in [0.3, 0.4) is 0 Å². The van der Waals surface area contributed by atoms with Crippen molar-refractivity contribution in [3.63, 3.8) is 0 Å². The lowest BCUT2D eigenvalue weighted by molar-refractivity contribution is -0.141. The first-order chi connectivity index (χ1) is 12.5. The molecular weight excluding hydrogens is 328 g/mol. The molecule has 0 aliphatic carbocycles. The average molecular weight is 358 g/mol. The number of nitrogens with zero attached hydrogens (tertiary/aromatic N) is 2. The molecule has 1 aromatic rings. The fraction of sp³-hybridized carbons (Fsp3) is 0.619. The predicted molar refractivity (Wildman–Crippen MR) is 101 cm³/mol. The van der Waals surface area contributed by atoms with Crippen LogP contribution in [-0.4, -0.2) is 61.0 Å². The van der Waals surface area contributed by atoms with Gasteiger partial charge in [0.05, 0.1) is 7.11 Å². The summed E-state index contributed by atoms with van der Waals surface area (Å²) in [6.07, 6.45) is 4.58. The summed E-state index contributed by atoms with van der Waals surface area (Å²) in [7, 11) is 3.62. The molecule has 2 heterocycles. The number of likely N-dealkylation sites (tertiary alicyclic amines) is 2. The summed E-state index contributed by atoms with van der Waals surface area (Å²) < 4.78 is 4.63. The van der Waals surface area contributed by atoms with E-state index in [1.54, 1.807) is 0 Å². The molecule has 2 aliphatic heterocycles. The van der Waals surface area contributed by atoms with E-state index in [0.29, 0.717) is 25.2 Å². The number of piperidine rings is 1. The summed E-state index contributed by atoms with van der Waals surface area (Å²) in [6.45, 7) is 2.74. The highest BCUT2D eigenvalue weighted by Gasteiger charge is 2.46. The third-order valence-corrected chi connectivity index (χ3v) is 6.25. The largest absolute Gasteiger partial charge is 0.469 e. The number of hydrogen-bond acceptors (Lipinski definition) is 4. The standard InChI is InChI=1S/C21H30N2O3/c1-22-16-18(17-7-4-3-5-8-17)15-21(22)11-13-23(14-12-21)19(24)9-6-10-20(25)26-2/h3-5,7-8,18H,6,9-16H2,1-2H3. The van der Waals surface area contributed by atoms with Crippen LogP contribution in [0.15, 0.2) is 30.3 Å². The van der Waals surface area contributed by atoms with Crippen molar-refractivity contribution >= 4 is 11.9 Å². The maximum absolute atomic E-state index is 12.4. The van der Waals surface area contributed by atoms with Crippen LogP contribution in [0.5, 0.6) is 0 Å². The van der Waals surface area contributed by atoms with Gasteiger partial charge in [-0.25, -0.2) is 0 Å². The zero-order valence-corrected chi connectivity index (χ0v) is 15.9. The maximum Gasteiger partial charge on any atom is 0.305 e. The van der Waals surface area contributed by atoms with E-state index in [1.165, 1.54) is 19.1 Å². The van der Waals surface area contributed by atoms with E-state index >= 15 is 0 Å². The second kappa shape index (κ2) is 8.21. The van der Waals surface area contributed by atoms with Crippen molar-refractivity contribution in [2.75, 3.05) is 33.8 Å². The van der Waals surface area contributed by atoms with Crippen molar-refractivity contribution in [3.8, 4) is 0 Å². The van der Waals surface area contributed by atoms with Crippen molar-refractivity contribution < 1.29 is 14.3 Å². The molecule has 2 fully saturated rings. The molecule has 0 N–H and O–H groups in total. The van der Waals surface area contributed by atoms with Gasteiger partial charge in [0.15, 0.2) is 0 Å². The monoisotopic (exact) mass is 358 g/mol. The Morgan fingerprint density at radius 1 is 1.15 bits per heavy atom. The minimum atomic E-state index is -0.241. The third-order valence-electron chi connectivity index (χ3n) is 6.25. The molecular formula is C21H30N2O3. The summed E-state index contributed by atoms with van der Waals surface area (Å²) >= 11 is 0. The molecule has 0 saturated carbocycles. The van der Waals surface area contributed by atoms with Crippen molar-refractivity contribution in [1.82, 2.24) is 9.80 Å². The molecule has 1 unspecified atom stereocenters. The smallest absolute Gasteiger partial charge is 0.305 e. The van der Waals surface area contributed by atoms with Crippen LogP contribution in [0, 0.1) is 0 Å². The van der Waals surface area contributed by atoms with E-state index in [-0.39, 0.29) is 17.4 Å². The predicted octanol–water partition coefficient (Wildman–Crippen LogP) is 2.81. The van der Waals surface area contributed by atoms with E-state index in [1.807, 2.05) is 4.90 Å². The van der Waals surface area contributed by atoms with Crippen LogP contribution >= 0.6 is 0 Å². The summed E-state index contributed by atoms with van der Waals surface area (Å²) in [4.78, 5) is 28.1. The van der Waals surface area contributed by atoms with Gasteiger partial charge in [0.2, 0.25) is 5.91 Å². The third kappa shape index (κ3) is 4.09. The van der Waals surface area contributed by atoms with Crippen LogP contribution in [0.4, 0.5) is 0 Å². The van der Waals surface area contributed by atoms with Gasteiger partial charge in [-0.15, -0.1) is 0 Å². The molecule has 2 saturated heterocycles. The van der Waals surface area contributed by atoms with Gasteiger partial charge in [0, 0.05) is 38.0 Å². The lowest BCUT2D eigenvalue weighted by Gasteiger charge is -2.43. The second-order valence-corrected chi connectivity index (χ2v) is 7.73. The molecule has 5 nitrogen and oxygen atoms in total. The highest BCUT2D eigenvalue weighted by Crippen LogP contribution is 2.43. The number of rotatable bonds is 5. The first-order valence-electron chi connectivity index (χ1n) is 9.65. The first kappa shape index (κ1) is 18.9. The zero-order valence-electron chi connectivity index (χ0n) is 15.9. The lowest BCUT2D eigenvalue weighted by atomic mass is 9.81. The van der Waals surface area contributed by atoms with Crippen molar-refractivity contribution in [3.05, 3.63) is 35.9 Å². The Balaban J connectivity index is 1.51. The Labute approximate surface area is 156 Å². The molecule has 5 heteroatoms. The number of likely N-dealkylation sites (N-methyl/N-ethyl adjacent to an activating group) is 1.